The summed E-state index contributed by atoms with van der Waals surface area (Å²) in [5, 5.41) is 7.80. The van der Waals surface area contributed by atoms with Crippen LogP contribution in [0.15, 0.2) is 54.7 Å². The number of fused-ring (bicyclic) bond motifs is 1. The van der Waals surface area contributed by atoms with Crippen molar-refractivity contribution in [1.82, 2.24) is 15.1 Å². The molecule has 0 unspecified atom stereocenters. The highest BCUT2D eigenvalue weighted by molar-refractivity contribution is 5.83. The molecule has 3 aromatic rings. The molecule has 0 spiro atoms. The number of aromatic nitrogens is 2. The molecule has 6 heteroatoms. The lowest BCUT2D eigenvalue weighted by Gasteiger charge is -2.16. The molecular formula is C21H16F3N3. The molecule has 0 saturated heterocycles. The number of likely N-dealkylation sites (N-methyl/N-ethyl adjacent to an activating group) is 1. The Morgan fingerprint density at radius 1 is 0.926 bits per heavy atom. The standard InChI is InChI=1S/C21H16F3N3/c1-27-8-6-15(13-4-5-18(22)20(24)10-13)16-11-19(23)17(9-14(16)12-27)21-3-2-7-25-26-21/h2-7,9-11H,8,12H2,1H3. The lowest BCUT2D eigenvalue weighted by molar-refractivity contribution is 0.365. The number of hydrogen-bond acceptors (Lipinski definition) is 3. The minimum absolute atomic E-state index is 0.363. The summed E-state index contributed by atoms with van der Waals surface area (Å²) in [5.41, 5.74) is 3.54. The second-order valence-electron chi connectivity index (χ2n) is 6.54. The van der Waals surface area contributed by atoms with Gasteiger partial charge >= 0.3 is 0 Å². The topological polar surface area (TPSA) is 29.0 Å². The first-order valence-electron chi connectivity index (χ1n) is 8.48. The van der Waals surface area contributed by atoms with Gasteiger partial charge in [-0.05, 0) is 65.7 Å². The molecule has 0 aliphatic carbocycles. The molecule has 2 aromatic carbocycles. The van der Waals surface area contributed by atoms with E-state index >= 15 is 0 Å². The van der Waals surface area contributed by atoms with Crippen LogP contribution in [-0.4, -0.2) is 28.7 Å². The largest absolute Gasteiger partial charge is 0.298 e. The second kappa shape index (κ2) is 6.96. The minimum atomic E-state index is -0.927. The van der Waals surface area contributed by atoms with Crippen molar-refractivity contribution < 1.29 is 13.2 Å². The van der Waals surface area contributed by atoms with Crippen molar-refractivity contribution in [3.05, 3.63) is 88.9 Å². The van der Waals surface area contributed by atoms with Crippen molar-refractivity contribution in [2.24, 2.45) is 0 Å². The van der Waals surface area contributed by atoms with Gasteiger partial charge in [0.2, 0.25) is 0 Å². The van der Waals surface area contributed by atoms with Gasteiger partial charge in [-0.25, -0.2) is 13.2 Å². The van der Waals surface area contributed by atoms with E-state index in [1.807, 2.05) is 13.1 Å². The third-order valence-corrected chi connectivity index (χ3v) is 4.61. The molecule has 0 fully saturated rings. The first-order valence-corrected chi connectivity index (χ1v) is 8.48. The molecule has 1 aromatic heterocycles. The summed E-state index contributed by atoms with van der Waals surface area (Å²) < 4.78 is 42.0. The molecule has 0 bridgehead atoms. The summed E-state index contributed by atoms with van der Waals surface area (Å²) in [4.78, 5) is 2.06. The monoisotopic (exact) mass is 367 g/mol. The maximum atomic E-state index is 14.9. The molecule has 4 rings (SSSR count). The molecule has 2 heterocycles. The van der Waals surface area contributed by atoms with E-state index < -0.39 is 17.5 Å². The summed E-state index contributed by atoms with van der Waals surface area (Å²) in [6.45, 7) is 1.19. The van der Waals surface area contributed by atoms with Gasteiger partial charge in [-0.1, -0.05) is 12.1 Å². The van der Waals surface area contributed by atoms with E-state index in [0.29, 0.717) is 41.0 Å². The molecule has 0 radical (unpaired) electrons. The molecule has 0 saturated carbocycles. The lowest BCUT2D eigenvalue weighted by Crippen LogP contribution is -2.16. The van der Waals surface area contributed by atoms with E-state index in [-0.39, 0.29) is 0 Å². The Balaban J connectivity index is 1.88. The third kappa shape index (κ3) is 3.36. The lowest BCUT2D eigenvalue weighted by atomic mass is 9.92. The van der Waals surface area contributed by atoms with Crippen LogP contribution >= 0.6 is 0 Å². The average molecular weight is 367 g/mol. The summed E-state index contributed by atoms with van der Waals surface area (Å²) in [5.74, 6) is -2.27. The van der Waals surface area contributed by atoms with Crippen molar-refractivity contribution in [2.75, 3.05) is 13.6 Å². The van der Waals surface area contributed by atoms with E-state index in [0.717, 1.165) is 17.7 Å². The maximum absolute atomic E-state index is 14.9. The van der Waals surface area contributed by atoms with Crippen molar-refractivity contribution in [2.45, 2.75) is 6.54 Å². The van der Waals surface area contributed by atoms with Gasteiger partial charge in [-0.2, -0.15) is 10.2 Å². The summed E-state index contributed by atoms with van der Waals surface area (Å²) in [6, 6.07) is 10.3. The first kappa shape index (κ1) is 17.4. The van der Waals surface area contributed by atoms with E-state index in [2.05, 4.69) is 15.1 Å². The molecule has 0 N–H and O–H groups in total. The average Bonchev–Trinajstić information content (AvgIpc) is 2.82. The normalized spacial score (nSPS) is 14.4. The van der Waals surface area contributed by atoms with E-state index in [4.69, 9.17) is 0 Å². The van der Waals surface area contributed by atoms with Crippen LogP contribution in [0.2, 0.25) is 0 Å². The van der Waals surface area contributed by atoms with Crippen LogP contribution in [0.4, 0.5) is 13.2 Å². The van der Waals surface area contributed by atoms with Crippen molar-refractivity contribution in [1.29, 1.82) is 0 Å². The van der Waals surface area contributed by atoms with Gasteiger partial charge in [0.05, 0.1) is 5.69 Å². The fourth-order valence-electron chi connectivity index (χ4n) is 3.29. The smallest absolute Gasteiger partial charge is 0.159 e. The zero-order chi connectivity index (χ0) is 19.0. The summed E-state index contributed by atoms with van der Waals surface area (Å²) in [6.07, 6.45) is 3.43. The van der Waals surface area contributed by atoms with Gasteiger partial charge in [0.25, 0.3) is 0 Å². The first-order chi connectivity index (χ1) is 13.0. The number of benzene rings is 2. The fraction of sp³-hybridized carbons (Fsp3) is 0.143. The molecule has 136 valence electrons. The molecule has 3 nitrogen and oxygen atoms in total. The summed E-state index contributed by atoms with van der Waals surface area (Å²) >= 11 is 0. The van der Waals surface area contributed by atoms with Crippen molar-refractivity contribution >= 4 is 5.57 Å². The van der Waals surface area contributed by atoms with Crippen LogP contribution in [0.5, 0.6) is 0 Å². The Morgan fingerprint density at radius 2 is 1.78 bits per heavy atom. The molecule has 27 heavy (non-hydrogen) atoms. The van der Waals surface area contributed by atoms with Crippen LogP contribution < -0.4 is 0 Å². The van der Waals surface area contributed by atoms with Gasteiger partial charge in [0.1, 0.15) is 5.82 Å². The molecule has 0 amide bonds. The number of rotatable bonds is 2. The highest BCUT2D eigenvalue weighted by Crippen LogP contribution is 2.34. The number of hydrogen-bond donors (Lipinski definition) is 0. The van der Waals surface area contributed by atoms with Crippen LogP contribution in [0.1, 0.15) is 16.7 Å². The minimum Gasteiger partial charge on any atom is -0.298 e. The van der Waals surface area contributed by atoms with Gasteiger partial charge in [-0.15, -0.1) is 0 Å². The van der Waals surface area contributed by atoms with E-state index in [9.17, 15) is 13.2 Å². The highest BCUT2D eigenvalue weighted by atomic mass is 19.2. The highest BCUT2D eigenvalue weighted by Gasteiger charge is 2.20. The fourth-order valence-corrected chi connectivity index (χ4v) is 3.29. The Bertz CT molecular complexity index is 1030. The molecule has 1 aliphatic rings. The number of nitrogens with zero attached hydrogens (tertiary/aromatic N) is 3. The van der Waals surface area contributed by atoms with Crippen molar-refractivity contribution in [3.63, 3.8) is 0 Å². The Kier molecular flexibility index (Phi) is 4.49. The molecule has 1 aliphatic heterocycles. The van der Waals surface area contributed by atoms with Crippen molar-refractivity contribution in [3.8, 4) is 11.3 Å². The molecular weight excluding hydrogens is 351 g/mol. The SMILES string of the molecule is CN1CC=C(c2ccc(F)c(F)c2)c2cc(F)c(-c3cccnn3)cc2C1. The van der Waals surface area contributed by atoms with Gasteiger partial charge in [0, 0.05) is 24.8 Å². The van der Waals surface area contributed by atoms with Crippen LogP contribution in [0.25, 0.3) is 16.8 Å². The number of halogens is 3. The Labute approximate surface area is 154 Å². The second-order valence-corrected chi connectivity index (χ2v) is 6.54. The van der Waals surface area contributed by atoms with Gasteiger partial charge in [0.15, 0.2) is 11.6 Å². The van der Waals surface area contributed by atoms with Gasteiger partial charge in [-0.3, -0.25) is 4.90 Å². The zero-order valence-electron chi connectivity index (χ0n) is 14.6. The third-order valence-electron chi connectivity index (χ3n) is 4.61. The van der Waals surface area contributed by atoms with Gasteiger partial charge < -0.3 is 0 Å². The predicted molar refractivity (Wildman–Crippen MR) is 97.2 cm³/mol. The maximum Gasteiger partial charge on any atom is 0.159 e. The summed E-state index contributed by atoms with van der Waals surface area (Å²) in [7, 11) is 1.94. The zero-order valence-corrected chi connectivity index (χ0v) is 14.6. The van der Waals surface area contributed by atoms with E-state index in [1.165, 1.54) is 18.3 Å². The quantitative estimate of drug-likeness (QED) is 0.671. The molecule has 0 atom stereocenters. The van der Waals surface area contributed by atoms with Crippen LogP contribution in [0.3, 0.4) is 0 Å². The predicted octanol–water partition coefficient (Wildman–Crippen LogP) is 4.44. The Hall–Kier alpha value is -2.99. The van der Waals surface area contributed by atoms with Crippen LogP contribution in [-0.2, 0) is 6.54 Å². The van der Waals surface area contributed by atoms with E-state index in [1.54, 1.807) is 18.2 Å². The Morgan fingerprint density at radius 3 is 2.52 bits per heavy atom. The van der Waals surface area contributed by atoms with Crippen LogP contribution in [0, 0.1) is 17.5 Å².